The molecule has 0 spiro atoms. The molecule has 0 bridgehead atoms. The molecule has 4 rings (SSSR count). The van der Waals surface area contributed by atoms with Crippen LogP contribution in [0.2, 0.25) is 0 Å². The molecule has 2 aliphatic rings. The number of esters is 1. The minimum absolute atomic E-state index is 0. The Morgan fingerprint density at radius 1 is 0.967 bits per heavy atom. The number of hydrogen-bond acceptors (Lipinski definition) is 6. The summed E-state index contributed by atoms with van der Waals surface area (Å²) in [5, 5.41) is 12.9. The van der Waals surface area contributed by atoms with Crippen molar-refractivity contribution in [3.8, 4) is 5.69 Å². The number of hydrogen-bond donors (Lipinski definition) is 1. The number of primary sulfonamides is 1. The summed E-state index contributed by atoms with van der Waals surface area (Å²) in [6.45, 7) is -0.0146. The molecule has 0 atom stereocenters. The first-order chi connectivity index (χ1) is 13.9. The molecule has 0 unspecified atom stereocenters. The monoisotopic (exact) mass is 466 g/mol. The van der Waals surface area contributed by atoms with Crippen LogP contribution in [0.1, 0.15) is 5.69 Å². The van der Waals surface area contributed by atoms with Crippen molar-refractivity contribution < 1.29 is 35.0 Å². The second kappa shape index (κ2) is 11.6. The number of carbonyl (C=O) groups excluding carboxylic acids is 1. The standard InChI is InChI=1S/C15H13N4O4S.C5H5.Fe/c16-24(21,22)14-7-5-13(6-8-14)19-9-12(17-18-19)10-23-15(20)11-3-1-2-4-11;1-2-4-5-3-1;/h1-9H,10H2,(H2,16,21,22);1-5H;/q;;+2. The first-order valence-corrected chi connectivity index (χ1v) is 10.1. The molecule has 2 fully saturated rings. The molecule has 30 heavy (non-hydrogen) atoms. The van der Waals surface area contributed by atoms with E-state index in [-0.39, 0.29) is 28.6 Å². The fourth-order valence-electron chi connectivity index (χ4n) is 2.33. The zero-order valence-corrected chi connectivity index (χ0v) is 17.5. The summed E-state index contributed by atoms with van der Waals surface area (Å²) in [4.78, 5) is 11.8. The van der Waals surface area contributed by atoms with Crippen LogP contribution in [0.3, 0.4) is 0 Å². The fraction of sp³-hybridized carbons (Fsp3) is 0.0500. The molecule has 1 aromatic heterocycles. The molecule has 2 aliphatic carbocycles. The van der Waals surface area contributed by atoms with Crippen LogP contribution in [-0.2, 0) is 43.2 Å². The smallest absolute Gasteiger partial charge is 0.459 e. The van der Waals surface area contributed by atoms with Crippen molar-refractivity contribution in [2.24, 2.45) is 5.14 Å². The van der Waals surface area contributed by atoms with Gasteiger partial charge in [0.05, 0.1) is 22.7 Å². The van der Waals surface area contributed by atoms with Crippen molar-refractivity contribution in [3.05, 3.63) is 99.9 Å². The van der Waals surface area contributed by atoms with E-state index in [9.17, 15) is 13.2 Å². The van der Waals surface area contributed by atoms with Crippen molar-refractivity contribution in [2.45, 2.75) is 11.5 Å². The maximum Gasteiger partial charge on any atom is 2.00 e. The maximum absolute atomic E-state index is 11.7. The van der Waals surface area contributed by atoms with Gasteiger partial charge in [-0.1, -0.05) is 5.21 Å². The average molecular weight is 466 g/mol. The number of nitrogens with zero attached hydrogens (tertiary/aromatic N) is 3. The number of nitrogens with two attached hydrogens (primary N) is 1. The normalized spacial score (nSPS) is 16.4. The molecule has 1 heterocycles. The van der Waals surface area contributed by atoms with E-state index in [1.807, 2.05) is 32.1 Å². The molecule has 10 radical (unpaired) electrons. The topological polar surface area (TPSA) is 117 Å². The van der Waals surface area contributed by atoms with E-state index in [1.54, 1.807) is 44.0 Å². The summed E-state index contributed by atoms with van der Waals surface area (Å²) < 4.78 is 29.0. The van der Waals surface area contributed by atoms with Gasteiger partial charge in [-0.2, -0.15) is 0 Å². The molecule has 2 saturated carbocycles. The molecule has 1 aromatic carbocycles. The van der Waals surface area contributed by atoms with Gasteiger partial charge in [0, 0.05) is 0 Å². The van der Waals surface area contributed by atoms with Gasteiger partial charge in [0.2, 0.25) is 10.0 Å². The number of carbonyl (C=O) groups is 1. The number of aromatic nitrogens is 3. The summed E-state index contributed by atoms with van der Waals surface area (Å²) in [6, 6.07) is 5.85. The number of sulfonamides is 1. The van der Waals surface area contributed by atoms with Gasteiger partial charge < -0.3 is 4.74 Å². The van der Waals surface area contributed by atoms with Crippen molar-refractivity contribution in [1.29, 1.82) is 0 Å². The Kier molecular flexibility index (Phi) is 9.48. The zero-order chi connectivity index (χ0) is 20.7. The van der Waals surface area contributed by atoms with Gasteiger partial charge in [-0.05, 0) is 82.1 Å². The van der Waals surface area contributed by atoms with Gasteiger partial charge in [0.25, 0.3) is 0 Å². The molecular weight excluding hydrogens is 448 g/mol. The Bertz CT molecular complexity index is 898. The molecule has 2 aromatic rings. The second-order valence-electron chi connectivity index (χ2n) is 5.91. The predicted octanol–water partition coefficient (Wildman–Crippen LogP) is 1.38. The molecule has 2 N–H and O–H groups in total. The summed E-state index contributed by atoms with van der Waals surface area (Å²) >= 11 is 0. The minimum atomic E-state index is -3.74. The van der Waals surface area contributed by atoms with Crippen LogP contribution in [-0.4, -0.2) is 29.4 Å². The van der Waals surface area contributed by atoms with Crippen LogP contribution in [0, 0.1) is 63.7 Å². The summed E-state index contributed by atoms with van der Waals surface area (Å²) in [7, 11) is -3.74. The Balaban J connectivity index is 0.000000468. The molecule has 0 amide bonds. The summed E-state index contributed by atoms with van der Waals surface area (Å²) in [5.41, 5.74) is 1.06. The minimum Gasteiger partial charge on any atom is -0.459 e. The van der Waals surface area contributed by atoms with Crippen LogP contribution in [0.25, 0.3) is 5.69 Å². The number of benzene rings is 1. The van der Waals surface area contributed by atoms with E-state index in [0.29, 0.717) is 17.3 Å². The molecular formula is C20H18FeN4O4S+2. The van der Waals surface area contributed by atoms with E-state index in [4.69, 9.17) is 9.88 Å². The first kappa shape index (κ1) is 24.5. The Labute approximate surface area is 188 Å². The average Bonchev–Trinajstić information content (AvgIpc) is 3.49. The molecule has 154 valence electrons. The van der Waals surface area contributed by atoms with E-state index in [2.05, 4.69) is 10.3 Å². The Hall–Kier alpha value is -1.74. The van der Waals surface area contributed by atoms with E-state index < -0.39 is 16.0 Å². The van der Waals surface area contributed by atoms with E-state index >= 15 is 0 Å². The zero-order valence-electron chi connectivity index (χ0n) is 15.6. The molecule has 8 nitrogen and oxygen atoms in total. The first-order valence-electron chi connectivity index (χ1n) is 8.53. The van der Waals surface area contributed by atoms with Gasteiger partial charge in [0.1, 0.15) is 12.3 Å². The third-order valence-electron chi connectivity index (χ3n) is 3.78. The largest absolute Gasteiger partial charge is 2.00 e. The van der Waals surface area contributed by atoms with Crippen molar-refractivity contribution in [1.82, 2.24) is 15.0 Å². The SMILES string of the molecule is NS(=O)(=O)c1ccc(-n2cc(COC(=O)[C]3[CH][CH][CH][CH]3)nn2)cc1.[CH]1[CH][CH][CH][CH]1.[Fe+2]. The second-order valence-corrected chi connectivity index (χ2v) is 7.47. The third kappa shape index (κ3) is 7.19. The maximum atomic E-state index is 11.7. The number of ether oxygens (including phenoxy) is 1. The number of rotatable bonds is 5. The van der Waals surface area contributed by atoms with E-state index in [0.717, 1.165) is 0 Å². The molecule has 10 heteroatoms. The van der Waals surface area contributed by atoms with Gasteiger partial charge in [-0.25, -0.2) is 18.2 Å². The van der Waals surface area contributed by atoms with Gasteiger partial charge in [0.15, 0.2) is 0 Å². The quantitative estimate of drug-likeness (QED) is 0.526. The van der Waals surface area contributed by atoms with Crippen LogP contribution < -0.4 is 5.14 Å². The van der Waals surface area contributed by atoms with Gasteiger partial charge in [-0.3, -0.25) is 4.79 Å². The summed E-state index contributed by atoms with van der Waals surface area (Å²) in [6.07, 6.45) is 18.4. The van der Waals surface area contributed by atoms with Gasteiger partial charge >= 0.3 is 23.0 Å². The van der Waals surface area contributed by atoms with Crippen LogP contribution >= 0.6 is 0 Å². The molecule has 0 saturated heterocycles. The van der Waals surface area contributed by atoms with E-state index in [1.165, 1.54) is 16.8 Å². The van der Waals surface area contributed by atoms with Crippen LogP contribution in [0.5, 0.6) is 0 Å². The van der Waals surface area contributed by atoms with Crippen LogP contribution in [0.4, 0.5) is 0 Å². The Morgan fingerprint density at radius 2 is 1.53 bits per heavy atom. The fourth-order valence-corrected chi connectivity index (χ4v) is 2.85. The summed E-state index contributed by atoms with van der Waals surface area (Å²) in [5.74, 6) is 0.0352. The Morgan fingerprint density at radius 3 is 2.07 bits per heavy atom. The van der Waals surface area contributed by atoms with Crippen LogP contribution in [0.15, 0.2) is 35.4 Å². The van der Waals surface area contributed by atoms with Crippen molar-refractivity contribution in [3.63, 3.8) is 0 Å². The molecule has 0 aliphatic heterocycles. The predicted molar refractivity (Wildman–Crippen MR) is 104 cm³/mol. The third-order valence-corrected chi connectivity index (χ3v) is 4.70. The van der Waals surface area contributed by atoms with Gasteiger partial charge in [-0.15, -0.1) is 5.10 Å². The van der Waals surface area contributed by atoms with Crippen molar-refractivity contribution >= 4 is 16.0 Å². The van der Waals surface area contributed by atoms with Crippen molar-refractivity contribution in [2.75, 3.05) is 0 Å².